The molecule has 7 heteroatoms. The molecule has 3 saturated carbocycles. The van der Waals surface area contributed by atoms with Gasteiger partial charge in [0.15, 0.2) is 16.6 Å². The SMILES string of the molecule is C=C(C(=O)OCC)C(C)C(O)C[C@@H](C)[C@H]1CC[C@H]2/C(=C/C=C3/C[C@@H](O[Si](C)(C)C(C)(C)C)C[C@H](O[Si](C)(C)C(C)(C)C)C3=C)CCC[C@]12C. The summed E-state index contributed by atoms with van der Waals surface area (Å²) < 4.78 is 19.3. The van der Waals surface area contributed by atoms with Crippen LogP contribution < -0.4 is 0 Å². The van der Waals surface area contributed by atoms with E-state index in [4.69, 9.17) is 13.6 Å². The zero-order valence-electron chi connectivity index (χ0n) is 34.1. The van der Waals surface area contributed by atoms with Gasteiger partial charge in [0.25, 0.3) is 0 Å². The van der Waals surface area contributed by atoms with Gasteiger partial charge in [0.1, 0.15) is 0 Å². The highest BCUT2D eigenvalue weighted by atomic mass is 28.4. The van der Waals surface area contributed by atoms with Gasteiger partial charge in [0.2, 0.25) is 0 Å². The summed E-state index contributed by atoms with van der Waals surface area (Å²) in [6, 6.07) is 0. The van der Waals surface area contributed by atoms with Gasteiger partial charge in [0.05, 0.1) is 24.9 Å². The summed E-state index contributed by atoms with van der Waals surface area (Å²) in [7, 11) is -3.99. The first-order chi connectivity index (χ1) is 22.4. The highest BCUT2D eigenvalue weighted by molar-refractivity contribution is 6.74. The molecule has 3 aliphatic carbocycles. The molecule has 5 nitrogen and oxygen atoms in total. The average Bonchev–Trinajstić information content (AvgIpc) is 3.33. The molecule has 0 saturated heterocycles. The molecular formula is C42H74O5Si2. The Morgan fingerprint density at radius 3 is 2.18 bits per heavy atom. The molecule has 1 N–H and O–H groups in total. The highest BCUT2D eigenvalue weighted by Crippen LogP contribution is 2.60. The Bertz CT molecular complexity index is 1260. The minimum atomic E-state index is -2.02. The third-order valence-electron chi connectivity index (χ3n) is 13.7. The summed E-state index contributed by atoms with van der Waals surface area (Å²) in [4.78, 5) is 12.3. The minimum absolute atomic E-state index is 0.0175. The van der Waals surface area contributed by atoms with Crippen LogP contribution in [0.4, 0.5) is 0 Å². The molecule has 0 spiro atoms. The van der Waals surface area contributed by atoms with Crippen LogP contribution in [0.3, 0.4) is 0 Å². The fraction of sp³-hybridized carbons (Fsp3) is 0.786. The van der Waals surface area contributed by atoms with Crippen molar-refractivity contribution < 1.29 is 23.5 Å². The lowest BCUT2D eigenvalue weighted by Gasteiger charge is -2.46. The van der Waals surface area contributed by atoms with E-state index in [-0.39, 0.29) is 33.6 Å². The Hall–Kier alpha value is -1.26. The summed E-state index contributed by atoms with van der Waals surface area (Å²) in [6.45, 7) is 40.8. The number of hydrogen-bond donors (Lipinski definition) is 1. The van der Waals surface area contributed by atoms with E-state index in [1.54, 1.807) is 12.5 Å². The van der Waals surface area contributed by atoms with E-state index < -0.39 is 28.7 Å². The number of esters is 1. The zero-order chi connectivity index (χ0) is 37.3. The Kier molecular flexibility index (Phi) is 13.6. The largest absolute Gasteiger partial charge is 0.463 e. The highest BCUT2D eigenvalue weighted by Gasteiger charge is 2.51. The standard InChI is InChI=1S/C42H74O5Si2/c1-17-45-39(44)30(4)29(3)37(43)25-28(2)35-22-23-36-32(19-18-24-42(35,36)12)20-21-33-26-34(46-48(13,14)40(6,7)8)27-38(31(33)5)47-49(15,16)41(9,10)11/h20-21,28-29,34-38,43H,4-5,17-19,22-27H2,1-3,6-16H3/b32-20+,33-21-/t28-,29?,34-,35-,36+,37?,38+,42-/m1/s1. The predicted octanol–water partition coefficient (Wildman–Crippen LogP) is 11.3. The smallest absolute Gasteiger partial charge is 0.333 e. The van der Waals surface area contributed by atoms with Crippen LogP contribution in [-0.2, 0) is 18.4 Å². The monoisotopic (exact) mass is 715 g/mol. The number of rotatable bonds is 12. The summed E-state index contributed by atoms with van der Waals surface area (Å²) in [6.07, 6.45) is 12.7. The van der Waals surface area contributed by atoms with Crippen LogP contribution in [0.25, 0.3) is 0 Å². The second kappa shape index (κ2) is 15.8. The summed E-state index contributed by atoms with van der Waals surface area (Å²) in [5.74, 6) is 0.699. The van der Waals surface area contributed by atoms with Crippen LogP contribution in [0.2, 0.25) is 36.3 Å². The van der Waals surface area contributed by atoms with Crippen LogP contribution in [0.15, 0.2) is 47.6 Å². The Morgan fingerprint density at radius 1 is 1.02 bits per heavy atom. The Morgan fingerprint density at radius 2 is 1.61 bits per heavy atom. The van der Waals surface area contributed by atoms with Crippen molar-refractivity contribution in [3.05, 3.63) is 47.6 Å². The van der Waals surface area contributed by atoms with Crippen molar-refractivity contribution in [2.24, 2.45) is 29.1 Å². The van der Waals surface area contributed by atoms with Crippen molar-refractivity contribution in [2.45, 2.75) is 175 Å². The van der Waals surface area contributed by atoms with Crippen LogP contribution in [0.5, 0.6) is 0 Å². The molecule has 3 fully saturated rings. The molecule has 0 aromatic heterocycles. The van der Waals surface area contributed by atoms with E-state index in [1.807, 2.05) is 6.92 Å². The normalized spacial score (nSPS) is 30.6. The molecule has 0 amide bonds. The lowest BCUT2D eigenvalue weighted by atomic mass is 9.60. The lowest BCUT2D eigenvalue weighted by Crippen LogP contribution is -2.49. The molecule has 0 aromatic rings. The molecule has 8 atom stereocenters. The van der Waals surface area contributed by atoms with Crippen molar-refractivity contribution in [1.29, 1.82) is 0 Å². The maximum absolute atomic E-state index is 12.3. The van der Waals surface area contributed by atoms with Crippen LogP contribution in [0.1, 0.15) is 121 Å². The number of allylic oxidation sites excluding steroid dienone is 3. The minimum Gasteiger partial charge on any atom is -0.463 e. The predicted molar refractivity (Wildman–Crippen MR) is 212 cm³/mol. The third-order valence-corrected chi connectivity index (χ3v) is 22.8. The molecule has 3 aliphatic rings. The second-order valence-corrected chi connectivity index (χ2v) is 28.7. The van der Waals surface area contributed by atoms with Gasteiger partial charge in [-0.2, -0.15) is 0 Å². The van der Waals surface area contributed by atoms with E-state index in [2.05, 4.69) is 107 Å². The first kappa shape index (κ1) is 42.2. The third kappa shape index (κ3) is 9.60. The van der Waals surface area contributed by atoms with Gasteiger partial charge >= 0.3 is 5.97 Å². The molecule has 2 unspecified atom stereocenters. The van der Waals surface area contributed by atoms with Gasteiger partial charge < -0.3 is 18.7 Å². The van der Waals surface area contributed by atoms with Crippen molar-refractivity contribution in [1.82, 2.24) is 0 Å². The van der Waals surface area contributed by atoms with Crippen molar-refractivity contribution in [3.8, 4) is 0 Å². The molecule has 3 rings (SSSR count). The van der Waals surface area contributed by atoms with Gasteiger partial charge in [-0.15, -0.1) is 0 Å². The number of hydrogen-bond acceptors (Lipinski definition) is 5. The second-order valence-electron chi connectivity index (χ2n) is 19.2. The van der Waals surface area contributed by atoms with Crippen molar-refractivity contribution in [2.75, 3.05) is 6.61 Å². The Labute approximate surface area is 303 Å². The summed E-state index contributed by atoms with van der Waals surface area (Å²) >= 11 is 0. The fourth-order valence-corrected chi connectivity index (χ4v) is 11.0. The van der Waals surface area contributed by atoms with Gasteiger partial charge in [-0.1, -0.05) is 93.2 Å². The molecule has 0 heterocycles. The van der Waals surface area contributed by atoms with Gasteiger partial charge in [-0.25, -0.2) is 4.79 Å². The molecule has 0 radical (unpaired) electrons. The van der Waals surface area contributed by atoms with Gasteiger partial charge in [-0.3, -0.25) is 0 Å². The molecule has 0 aromatic carbocycles. The number of fused-ring (bicyclic) bond motifs is 1. The first-order valence-electron chi connectivity index (χ1n) is 19.3. The summed E-state index contributed by atoms with van der Waals surface area (Å²) in [5, 5.41) is 11.5. The summed E-state index contributed by atoms with van der Waals surface area (Å²) in [5.41, 5.74) is 4.57. The Balaban J connectivity index is 1.85. The maximum atomic E-state index is 12.3. The van der Waals surface area contributed by atoms with Crippen LogP contribution in [0, 0.1) is 29.1 Å². The molecule has 0 aliphatic heterocycles. The zero-order valence-corrected chi connectivity index (χ0v) is 36.1. The average molecular weight is 715 g/mol. The van der Waals surface area contributed by atoms with E-state index in [9.17, 15) is 9.90 Å². The van der Waals surface area contributed by atoms with Crippen LogP contribution >= 0.6 is 0 Å². The van der Waals surface area contributed by atoms with Gasteiger partial charge in [0, 0.05) is 17.9 Å². The van der Waals surface area contributed by atoms with Crippen LogP contribution in [-0.4, -0.2) is 52.6 Å². The van der Waals surface area contributed by atoms with Crippen molar-refractivity contribution in [3.63, 3.8) is 0 Å². The van der Waals surface area contributed by atoms with Crippen molar-refractivity contribution >= 4 is 22.6 Å². The van der Waals surface area contributed by atoms with E-state index >= 15 is 0 Å². The molecule has 280 valence electrons. The van der Waals surface area contributed by atoms with E-state index in [0.717, 1.165) is 24.8 Å². The lowest BCUT2D eigenvalue weighted by molar-refractivity contribution is -0.139. The van der Waals surface area contributed by atoms with E-state index in [1.165, 1.54) is 31.3 Å². The number of carbonyl (C=O) groups excluding carboxylic acids is 1. The number of ether oxygens (including phenoxy) is 1. The number of carbonyl (C=O) groups is 1. The number of aliphatic hydroxyl groups excluding tert-OH is 1. The maximum Gasteiger partial charge on any atom is 0.333 e. The molecular weight excluding hydrogens is 641 g/mol. The quantitative estimate of drug-likeness (QED) is 0.124. The molecule has 0 bridgehead atoms. The molecule has 49 heavy (non-hydrogen) atoms. The first-order valence-corrected chi connectivity index (χ1v) is 25.2. The van der Waals surface area contributed by atoms with Gasteiger partial charge in [-0.05, 0) is 122 Å². The topological polar surface area (TPSA) is 65.0 Å². The van der Waals surface area contributed by atoms with E-state index in [0.29, 0.717) is 36.4 Å². The number of aliphatic hydroxyl groups is 1. The fourth-order valence-electron chi connectivity index (χ4n) is 8.37.